The second-order valence-corrected chi connectivity index (χ2v) is 7.00. The maximum atomic E-state index is 11.5. The number of nitrogens with zero attached hydrogens (tertiary/aromatic N) is 1. The van der Waals surface area contributed by atoms with Gasteiger partial charge in [0, 0.05) is 5.75 Å². The number of ether oxygens (including phenoxy) is 1. The molecule has 96 valence electrons. The zero-order valence-electron chi connectivity index (χ0n) is 10.6. The highest BCUT2D eigenvalue weighted by molar-refractivity contribution is 8.01. The van der Waals surface area contributed by atoms with E-state index in [2.05, 4.69) is 4.98 Å². The van der Waals surface area contributed by atoms with Gasteiger partial charge >= 0.3 is 5.97 Å². The predicted octanol–water partition coefficient (Wildman–Crippen LogP) is 2.86. The van der Waals surface area contributed by atoms with Gasteiger partial charge in [0.2, 0.25) is 0 Å². The number of aryl methyl sites for hydroxylation is 1. The maximum Gasteiger partial charge on any atom is 0.307 e. The first-order valence-corrected chi connectivity index (χ1v) is 7.15. The number of aromatic nitrogens is 1. The average Bonchev–Trinajstić information content (AvgIpc) is 2.42. The normalized spacial score (nSPS) is 11.5. The molecule has 1 heterocycles. The Bertz CT molecular complexity index is 397. The molecule has 0 aromatic carbocycles. The third-order valence-corrected chi connectivity index (χ3v) is 4.08. The van der Waals surface area contributed by atoms with Crippen molar-refractivity contribution in [2.45, 2.75) is 43.9 Å². The minimum absolute atomic E-state index is 0.167. The van der Waals surface area contributed by atoms with Crippen LogP contribution in [0.3, 0.4) is 0 Å². The van der Waals surface area contributed by atoms with Crippen LogP contribution in [-0.4, -0.2) is 22.3 Å². The van der Waals surface area contributed by atoms with Crippen LogP contribution in [0.15, 0.2) is 4.21 Å². The molecule has 1 aromatic rings. The predicted molar refractivity (Wildman–Crippen MR) is 72.4 cm³/mol. The minimum Gasteiger partial charge on any atom is -0.460 e. The molecule has 0 spiro atoms. The molecule has 1 aromatic heterocycles. The molecule has 0 amide bonds. The second kappa shape index (κ2) is 5.73. The van der Waals surface area contributed by atoms with E-state index in [1.54, 1.807) is 11.8 Å². The summed E-state index contributed by atoms with van der Waals surface area (Å²) in [5.41, 5.74) is 6.12. The van der Waals surface area contributed by atoms with Crippen LogP contribution in [0.5, 0.6) is 0 Å². The minimum atomic E-state index is -0.410. The van der Waals surface area contributed by atoms with Gasteiger partial charge in [-0.1, -0.05) is 11.3 Å². The van der Waals surface area contributed by atoms with E-state index in [9.17, 15) is 4.79 Å². The Labute approximate surface area is 110 Å². The molecule has 0 saturated carbocycles. The van der Waals surface area contributed by atoms with E-state index in [0.717, 1.165) is 9.90 Å². The van der Waals surface area contributed by atoms with Crippen LogP contribution < -0.4 is 5.73 Å². The summed E-state index contributed by atoms with van der Waals surface area (Å²) in [6, 6.07) is 0. The summed E-state index contributed by atoms with van der Waals surface area (Å²) < 4.78 is 6.30. The Morgan fingerprint density at radius 1 is 1.53 bits per heavy atom. The van der Waals surface area contributed by atoms with Crippen molar-refractivity contribution < 1.29 is 9.53 Å². The summed E-state index contributed by atoms with van der Waals surface area (Å²) in [7, 11) is 0. The van der Waals surface area contributed by atoms with E-state index in [-0.39, 0.29) is 5.97 Å². The van der Waals surface area contributed by atoms with Crippen molar-refractivity contribution >= 4 is 34.2 Å². The molecule has 0 unspecified atom stereocenters. The molecule has 4 nitrogen and oxygen atoms in total. The van der Waals surface area contributed by atoms with Gasteiger partial charge < -0.3 is 10.5 Å². The van der Waals surface area contributed by atoms with Crippen LogP contribution in [0.4, 0.5) is 5.13 Å². The lowest BCUT2D eigenvalue weighted by Crippen LogP contribution is -2.23. The number of esters is 1. The fourth-order valence-corrected chi connectivity index (χ4v) is 3.17. The van der Waals surface area contributed by atoms with Crippen molar-refractivity contribution in [1.29, 1.82) is 0 Å². The maximum absolute atomic E-state index is 11.5. The number of rotatable bonds is 4. The summed E-state index contributed by atoms with van der Waals surface area (Å²) in [6.45, 7) is 7.52. The van der Waals surface area contributed by atoms with Crippen molar-refractivity contribution in [2.24, 2.45) is 0 Å². The summed E-state index contributed by atoms with van der Waals surface area (Å²) in [5, 5.41) is 0.572. The van der Waals surface area contributed by atoms with Crippen molar-refractivity contribution in [3.05, 3.63) is 5.69 Å². The van der Waals surface area contributed by atoms with Crippen LogP contribution in [0.2, 0.25) is 0 Å². The first-order valence-electron chi connectivity index (χ1n) is 5.35. The third kappa shape index (κ3) is 5.41. The van der Waals surface area contributed by atoms with Crippen LogP contribution >= 0.6 is 23.1 Å². The quantitative estimate of drug-likeness (QED) is 0.675. The largest absolute Gasteiger partial charge is 0.460 e. The highest BCUT2D eigenvalue weighted by atomic mass is 32.2. The zero-order chi connectivity index (χ0) is 13.1. The Balaban J connectivity index is 2.33. The molecule has 0 aliphatic rings. The van der Waals surface area contributed by atoms with Crippen LogP contribution in [0.1, 0.15) is 32.9 Å². The van der Waals surface area contributed by atoms with E-state index < -0.39 is 5.60 Å². The van der Waals surface area contributed by atoms with Gasteiger partial charge in [0.05, 0.1) is 16.3 Å². The number of hydrogen-bond acceptors (Lipinski definition) is 6. The SMILES string of the molecule is Cc1nc(N)sc1SCCC(=O)OC(C)(C)C. The number of thioether (sulfide) groups is 1. The number of thiazole rings is 1. The molecule has 0 atom stereocenters. The van der Waals surface area contributed by atoms with Gasteiger partial charge in [0.15, 0.2) is 5.13 Å². The number of carbonyl (C=O) groups excluding carboxylic acids is 1. The summed E-state index contributed by atoms with van der Waals surface area (Å²) >= 11 is 3.05. The molecular weight excluding hydrogens is 256 g/mol. The van der Waals surface area contributed by atoms with Gasteiger partial charge in [0.25, 0.3) is 0 Å². The third-order valence-electron chi connectivity index (χ3n) is 1.73. The molecule has 0 aliphatic heterocycles. The van der Waals surface area contributed by atoms with Gasteiger partial charge in [-0.05, 0) is 27.7 Å². The number of carbonyl (C=O) groups is 1. The van der Waals surface area contributed by atoms with E-state index in [1.807, 2.05) is 27.7 Å². The van der Waals surface area contributed by atoms with Crippen molar-refractivity contribution in [3.8, 4) is 0 Å². The topological polar surface area (TPSA) is 65.2 Å². The van der Waals surface area contributed by atoms with Crippen molar-refractivity contribution in [3.63, 3.8) is 0 Å². The Kier molecular flexibility index (Phi) is 4.82. The zero-order valence-corrected chi connectivity index (χ0v) is 12.2. The highest BCUT2D eigenvalue weighted by Crippen LogP contribution is 2.30. The first kappa shape index (κ1) is 14.3. The molecule has 6 heteroatoms. The Morgan fingerprint density at radius 2 is 2.18 bits per heavy atom. The standard InChI is InChI=1S/C11H18N2O2S2/c1-7-9(17-10(12)13-7)16-6-5-8(14)15-11(2,3)4/h5-6H2,1-4H3,(H2,12,13). The lowest BCUT2D eigenvalue weighted by atomic mass is 10.2. The number of hydrogen-bond donors (Lipinski definition) is 1. The first-order chi connectivity index (χ1) is 7.78. The van der Waals surface area contributed by atoms with Crippen molar-refractivity contribution in [1.82, 2.24) is 4.98 Å². The smallest absolute Gasteiger partial charge is 0.307 e. The van der Waals surface area contributed by atoms with E-state index >= 15 is 0 Å². The summed E-state index contributed by atoms with van der Waals surface area (Å²) in [4.78, 5) is 15.6. The molecule has 0 fully saturated rings. The lowest BCUT2D eigenvalue weighted by molar-refractivity contribution is -0.154. The molecule has 0 saturated heterocycles. The fourth-order valence-electron chi connectivity index (χ4n) is 1.16. The molecular formula is C11H18N2O2S2. The van der Waals surface area contributed by atoms with Crippen LogP contribution in [-0.2, 0) is 9.53 Å². The average molecular weight is 274 g/mol. The number of anilines is 1. The van der Waals surface area contributed by atoms with Crippen molar-refractivity contribution in [2.75, 3.05) is 11.5 Å². The Hall–Kier alpha value is -0.750. The van der Waals surface area contributed by atoms with Crippen LogP contribution in [0.25, 0.3) is 0 Å². The van der Waals surface area contributed by atoms with E-state index in [4.69, 9.17) is 10.5 Å². The van der Waals surface area contributed by atoms with Gasteiger partial charge in [-0.25, -0.2) is 4.98 Å². The fraction of sp³-hybridized carbons (Fsp3) is 0.636. The van der Waals surface area contributed by atoms with Gasteiger partial charge in [0.1, 0.15) is 5.60 Å². The molecule has 0 bridgehead atoms. The summed E-state index contributed by atoms with van der Waals surface area (Å²) in [5.74, 6) is 0.525. The number of nitrogens with two attached hydrogens (primary N) is 1. The van der Waals surface area contributed by atoms with Gasteiger partial charge in [-0.2, -0.15) is 0 Å². The summed E-state index contributed by atoms with van der Waals surface area (Å²) in [6.07, 6.45) is 0.402. The van der Waals surface area contributed by atoms with E-state index in [0.29, 0.717) is 17.3 Å². The Morgan fingerprint density at radius 3 is 2.65 bits per heavy atom. The van der Waals surface area contributed by atoms with E-state index in [1.165, 1.54) is 11.3 Å². The number of nitrogen functional groups attached to an aromatic ring is 1. The molecule has 0 aliphatic carbocycles. The molecule has 1 rings (SSSR count). The molecule has 17 heavy (non-hydrogen) atoms. The van der Waals surface area contributed by atoms with Gasteiger partial charge in [-0.15, -0.1) is 11.8 Å². The van der Waals surface area contributed by atoms with Gasteiger partial charge in [-0.3, -0.25) is 4.79 Å². The molecule has 0 radical (unpaired) electrons. The molecule has 2 N–H and O–H groups in total. The second-order valence-electron chi connectivity index (χ2n) is 4.61. The lowest BCUT2D eigenvalue weighted by Gasteiger charge is -2.19. The monoisotopic (exact) mass is 274 g/mol. The highest BCUT2D eigenvalue weighted by Gasteiger charge is 2.16. The van der Waals surface area contributed by atoms with Crippen LogP contribution in [0, 0.1) is 6.92 Å².